The largest absolute Gasteiger partial charge is 0.273 e. The van der Waals surface area contributed by atoms with Crippen LogP contribution in [0.2, 0.25) is 0 Å². The minimum absolute atomic E-state index is 0.136. The van der Waals surface area contributed by atoms with Gasteiger partial charge < -0.3 is 0 Å². The van der Waals surface area contributed by atoms with Gasteiger partial charge in [-0.25, -0.2) is 4.98 Å². The van der Waals surface area contributed by atoms with E-state index in [9.17, 15) is 10.1 Å². The molecule has 0 amide bonds. The van der Waals surface area contributed by atoms with Crippen molar-refractivity contribution < 1.29 is 4.92 Å². The lowest BCUT2D eigenvalue weighted by Crippen LogP contribution is -1.93. The van der Waals surface area contributed by atoms with Gasteiger partial charge in [0.25, 0.3) is 5.69 Å². The number of hydrogen-bond acceptors (Lipinski definition) is 4. The zero-order valence-electron chi connectivity index (χ0n) is 10.2. The number of fused-ring (bicyclic) bond motifs is 1. The SMILES string of the molecule is Cc1c(-c2nc3ccccc3s2)cccc1[N+](=O)[O-]. The van der Waals surface area contributed by atoms with Gasteiger partial charge in [-0.1, -0.05) is 24.3 Å². The molecule has 1 heterocycles. The van der Waals surface area contributed by atoms with Crippen molar-refractivity contribution in [3.05, 3.63) is 58.1 Å². The molecule has 2 aromatic carbocycles. The highest BCUT2D eigenvalue weighted by Gasteiger charge is 2.16. The Labute approximate surface area is 113 Å². The summed E-state index contributed by atoms with van der Waals surface area (Å²) in [5.41, 5.74) is 2.55. The molecule has 0 aliphatic heterocycles. The second kappa shape index (κ2) is 4.44. The summed E-state index contributed by atoms with van der Waals surface area (Å²) in [7, 11) is 0. The number of para-hydroxylation sites is 1. The number of hydrogen-bond donors (Lipinski definition) is 0. The number of nitrogens with zero attached hydrogens (tertiary/aromatic N) is 2. The highest BCUT2D eigenvalue weighted by molar-refractivity contribution is 7.21. The number of nitro groups is 1. The summed E-state index contributed by atoms with van der Waals surface area (Å²) >= 11 is 1.55. The fourth-order valence-electron chi connectivity index (χ4n) is 2.04. The summed E-state index contributed by atoms with van der Waals surface area (Å²) < 4.78 is 1.09. The van der Waals surface area contributed by atoms with Crippen molar-refractivity contribution in [3.8, 4) is 10.6 Å². The van der Waals surface area contributed by atoms with Gasteiger partial charge in [-0.15, -0.1) is 11.3 Å². The van der Waals surface area contributed by atoms with E-state index in [0.29, 0.717) is 5.56 Å². The monoisotopic (exact) mass is 270 g/mol. The van der Waals surface area contributed by atoms with Crippen molar-refractivity contribution >= 4 is 27.2 Å². The second-order valence-electron chi connectivity index (χ2n) is 4.19. The lowest BCUT2D eigenvalue weighted by atomic mass is 10.1. The highest BCUT2D eigenvalue weighted by Crippen LogP contribution is 2.34. The average Bonchev–Trinajstić information content (AvgIpc) is 2.82. The minimum atomic E-state index is -0.355. The normalized spacial score (nSPS) is 10.8. The van der Waals surface area contributed by atoms with Crippen LogP contribution < -0.4 is 0 Å². The predicted octanol–water partition coefficient (Wildman–Crippen LogP) is 4.18. The molecule has 19 heavy (non-hydrogen) atoms. The van der Waals surface area contributed by atoms with E-state index in [2.05, 4.69) is 4.98 Å². The summed E-state index contributed by atoms with van der Waals surface area (Å²) in [6.07, 6.45) is 0. The van der Waals surface area contributed by atoms with Crippen LogP contribution in [0.5, 0.6) is 0 Å². The Morgan fingerprint density at radius 2 is 1.95 bits per heavy atom. The molecule has 1 aromatic heterocycles. The zero-order valence-corrected chi connectivity index (χ0v) is 11.0. The van der Waals surface area contributed by atoms with E-state index in [1.807, 2.05) is 30.3 Å². The number of nitro benzene ring substituents is 1. The smallest absolute Gasteiger partial charge is 0.258 e. The fraction of sp³-hybridized carbons (Fsp3) is 0.0714. The van der Waals surface area contributed by atoms with Gasteiger partial charge >= 0.3 is 0 Å². The molecule has 0 saturated heterocycles. The first-order chi connectivity index (χ1) is 9.16. The van der Waals surface area contributed by atoms with Gasteiger partial charge in [-0.2, -0.15) is 0 Å². The molecule has 94 valence electrons. The quantitative estimate of drug-likeness (QED) is 0.518. The molecule has 0 aliphatic rings. The van der Waals surface area contributed by atoms with Gasteiger partial charge in [0, 0.05) is 17.2 Å². The van der Waals surface area contributed by atoms with Gasteiger partial charge in [0.2, 0.25) is 0 Å². The van der Waals surface area contributed by atoms with E-state index in [1.54, 1.807) is 24.3 Å². The van der Waals surface area contributed by atoms with Crippen LogP contribution >= 0.6 is 11.3 Å². The molecule has 4 nitrogen and oxygen atoms in total. The number of benzene rings is 2. The van der Waals surface area contributed by atoms with E-state index >= 15 is 0 Å². The average molecular weight is 270 g/mol. The van der Waals surface area contributed by atoms with Gasteiger partial charge in [0.15, 0.2) is 0 Å². The molecule has 3 rings (SSSR count). The van der Waals surface area contributed by atoms with Crippen molar-refractivity contribution in [2.45, 2.75) is 6.92 Å². The molecule has 0 atom stereocenters. The Hall–Kier alpha value is -2.27. The third-order valence-electron chi connectivity index (χ3n) is 3.03. The second-order valence-corrected chi connectivity index (χ2v) is 5.22. The summed E-state index contributed by atoms with van der Waals surface area (Å²) in [6.45, 7) is 1.76. The Bertz CT molecular complexity index is 747. The Morgan fingerprint density at radius 3 is 2.68 bits per heavy atom. The molecule has 0 saturated carbocycles. The van der Waals surface area contributed by atoms with Crippen LogP contribution in [-0.4, -0.2) is 9.91 Å². The molecular weight excluding hydrogens is 260 g/mol. The van der Waals surface area contributed by atoms with E-state index < -0.39 is 0 Å². The van der Waals surface area contributed by atoms with Crippen molar-refractivity contribution in [1.29, 1.82) is 0 Å². The van der Waals surface area contributed by atoms with Crippen molar-refractivity contribution in [2.24, 2.45) is 0 Å². The topological polar surface area (TPSA) is 56.0 Å². The van der Waals surface area contributed by atoms with Crippen molar-refractivity contribution in [3.63, 3.8) is 0 Å². The summed E-state index contributed by atoms with van der Waals surface area (Å²) in [5.74, 6) is 0. The first-order valence-electron chi connectivity index (χ1n) is 5.77. The molecule has 0 unspecified atom stereocenters. The van der Waals surface area contributed by atoms with Crippen LogP contribution in [0.1, 0.15) is 5.56 Å². The predicted molar refractivity (Wildman–Crippen MR) is 76.4 cm³/mol. The highest BCUT2D eigenvalue weighted by atomic mass is 32.1. The minimum Gasteiger partial charge on any atom is -0.258 e. The third-order valence-corrected chi connectivity index (χ3v) is 4.10. The van der Waals surface area contributed by atoms with Gasteiger partial charge in [-0.05, 0) is 19.1 Å². The molecular formula is C14H10N2O2S. The number of thiazole rings is 1. The first-order valence-corrected chi connectivity index (χ1v) is 6.58. The Balaban J connectivity index is 2.21. The lowest BCUT2D eigenvalue weighted by molar-refractivity contribution is -0.385. The molecule has 0 fully saturated rings. The Morgan fingerprint density at radius 1 is 1.16 bits per heavy atom. The van der Waals surface area contributed by atoms with Crippen LogP contribution in [0.4, 0.5) is 5.69 Å². The molecule has 0 N–H and O–H groups in total. The maximum Gasteiger partial charge on any atom is 0.273 e. The standard InChI is InChI=1S/C14H10N2O2S/c1-9-10(5-4-7-12(9)16(17)18)14-15-11-6-2-3-8-13(11)19-14/h2-8H,1H3. The molecule has 3 aromatic rings. The molecule has 5 heteroatoms. The summed E-state index contributed by atoms with van der Waals surface area (Å²) in [6, 6.07) is 12.9. The third kappa shape index (κ3) is 1.98. The molecule has 0 aliphatic carbocycles. The number of rotatable bonds is 2. The molecule has 0 bridgehead atoms. The fourth-order valence-corrected chi connectivity index (χ4v) is 3.09. The van der Waals surface area contributed by atoms with E-state index in [4.69, 9.17) is 0 Å². The summed E-state index contributed by atoms with van der Waals surface area (Å²) in [4.78, 5) is 15.2. The summed E-state index contributed by atoms with van der Waals surface area (Å²) in [5, 5.41) is 11.8. The number of aromatic nitrogens is 1. The van der Waals surface area contributed by atoms with Crippen LogP contribution in [0, 0.1) is 17.0 Å². The van der Waals surface area contributed by atoms with Gasteiger partial charge in [0.05, 0.1) is 15.1 Å². The first kappa shape index (κ1) is 11.8. The Kier molecular flexibility index (Phi) is 2.76. The van der Waals surface area contributed by atoms with E-state index in [1.165, 1.54) is 6.07 Å². The zero-order chi connectivity index (χ0) is 13.4. The van der Waals surface area contributed by atoms with E-state index in [-0.39, 0.29) is 10.6 Å². The van der Waals surface area contributed by atoms with Gasteiger partial charge in [0.1, 0.15) is 5.01 Å². The van der Waals surface area contributed by atoms with Crippen molar-refractivity contribution in [1.82, 2.24) is 4.98 Å². The maximum absolute atomic E-state index is 11.0. The molecule has 0 spiro atoms. The van der Waals surface area contributed by atoms with Crippen molar-refractivity contribution in [2.75, 3.05) is 0 Å². The lowest BCUT2D eigenvalue weighted by Gasteiger charge is -2.02. The maximum atomic E-state index is 11.0. The van der Waals surface area contributed by atoms with E-state index in [0.717, 1.165) is 20.8 Å². The van der Waals surface area contributed by atoms with Crippen LogP contribution in [0.15, 0.2) is 42.5 Å². The van der Waals surface area contributed by atoms with Crippen LogP contribution in [0.3, 0.4) is 0 Å². The van der Waals surface area contributed by atoms with Crippen LogP contribution in [-0.2, 0) is 0 Å². The van der Waals surface area contributed by atoms with Gasteiger partial charge in [-0.3, -0.25) is 10.1 Å². The van der Waals surface area contributed by atoms with Crippen LogP contribution in [0.25, 0.3) is 20.8 Å². The molecule has 0 radical (unpaired) electrons.